The van der Waals surface area contributed by atoms with Gasteiger partial charge in [-0.05, 0) is 94.9 Å². The van der Waals surface area contributed by atoms with E-state index in [4.69, 9.17) is 0 Å². The molecule has 9 nitrogen and oxygen atoms in total. The van der Waals surface area contributed by atoms with E-state index in [1.165, 1.54) is 26.0 Å². The van der Waals surface area contributed by atoms with Gasteiger partial charge in [0.2, 0.25) is 10.0 Å². The normalized spacial score (nSPS) is 23.6. The van der Waals surface area contributed by atoms with E-state index in [9.17, 15) is 18.0 Å². The number of carbonyl (C=O) groups excluding carboxylic acids is 2. The Kier molecular flexibility index (Phi) is 6.00. The second-order valence-corrected chi connectivity index (χ2v) is 12.4. The minimum absolute atomic E-state index is 0.0848. The number of aromatic amines is 1. The third-order valence-corrected chi connectivity index (χ3v) is 9.77. The number of benzene rings is 1. The molecule has 1 atom stereocenters. The fourth-order valence-corrected chi connectivity index (χ4v) is 7.29. The molecule has 0 unspecified atom stereocenters. The molecule has 0 spiro atoms. The maximum Gasteiger partial charge on any atom is 0.256 e. The van der Waals surface area contributed by atoms with E-state index >= 15 is 0 Å². The van der Waals surface area contributed by atoms with Crippen molar-refractivity contribution in [3.63, 3.8) is 0 Å². The Morgan fingerprint density at radius 3 is 2.68 bits per heavy atom. The van der Waals surface area contributed by atoms with Crippen LogP contribution in [0.3, 0.4) is 0 Å². The molecule has 3 N–H and O–H groups in total. The van der Waals surface area contributed by atoms with Crippen LogP contribution in [0.2, 0.25) is 0 Å². The number of aromatic nitrogens is 1. The van der Waals surface area contributed by atoms with Crippen LogP contribution in [-0.2, 0) is 21.2 Å². The van der Waals surface area contributed by atoms with Gasteiger partial charge in [-0.1, -0.05) is 0 Å². The van der Waals surface area contributed by atoms with Gasteiger partial charge in [0.05, 0.1) is 16.0 Å². The highest BCUT2D eigenvalue weighted by Crippen LogP contribution is 2.45. The fourth-order valence-electron chi connectivity index (χ4n) is 6.53. The van der Waals surface area contributed by atoms with Gasteiger partial charge in [0.15, 0.2) is 0 Å². The van der Waals surface area contributed by atoms with Gasteiger partial charge < -0.3 is 20.1 Å². The highest BCUT2D eigenvalue weighted by Gasteiger charge is 2.38. The number of allylic oxidation sites excluding steroid dienone is 1. The molecule has 0 saturated carbocycles. The van der Waals surface area contributed by atoms with Crippen molar-refractivity contribution in [2.24, 2.45) is 0 Å². The molecule has 0 radical (unpaired) electrons. The molecule has 0 bridgehead atoms. The standard InChI is InChI=1S/C27H33N5O4S/c1-16-23(27(34)32-13-5-6-17(32)15-31-11-3-4-12-31)19-8-9-20(25(19)29-16)24-21-14-18(37(35,36)28-2)7-10-22(21)30-26(24)33/h7,10,14,17,28-29H,3-6,8-9,11-13,15H2,1-2H3,(H,30,33)/b24-20-/t17-/m1/s1. The molecule has 4 heterocycles. The summed E-state index contributed by atoms with van der Waals surface area (Å²) >= 11 is 0. The van der Waals surface area contributed by atoms with Gasteiger partial charge in [-0.25, -0.2) is 13.1 Å². The van der Waals surface area contributed by atoms with Gasteiger partial charge in [-0.3, -0.25) is 9.59 Å². The number of nitrogens with one attached hydrogen (secondary N) is 3. The van der Waals surface area contributed by atoms with E-state index in [1.807, 2.05) is 6.92 Å². The molecule has 4 aliphatic rings. The highest BCUT2D eigenvalue weighted by atomic mass is 32.2. The largest absolute Gasteiger partial charge is 0.358 e. The maximum atomic E-state index is 13.9. The number of amides is 2. The van der Waals surface area contributed by atoms with Crippen molar-refractivity contribution in [3.05, 3.63) is 46.3 Å². The van der Waals surface area contributed by atoms with Crippen LogP contribution in [0, 0.1) is 6.92 Å². The molecular formula is C27H33N5O4S. The number of rotatable bonds is 5. The molecule has 2 aromatic rings. The zero-order chi connectivity index (χ0) is 25.9. The van der Waals surface area contributed by atoms with Crippen LogP contribution in [0.1, 0.15) is 65.0 Å². The molecule has 1 aromatic carbocycles. The number of likely N-dealkylation sites (tertiary alicyclic amines) is 2. The van der Waals surface area contributed by atoms with Gasteiger partial charge in [-0.15, -0.1) is 0 Å². The first-order chi connectivity index (χ1) is 17.8. The number of H-pyrrole nitrogens is 1. The summed E-state index contributed by atoms with van der Waals surface area (Å²) in [4.78, 5) is 35.0. The summed E-state index contributed by atoms with van der Waals surface area (Å²) in [5.41, 5.74) is 5.85. The lowest BCUT2D eigenvalue weighted by molar-refractivity contribution is -0.110. The molecule has 2 saturated heterocycles. The first-order valence-electron chi connectivity index (χ1n) is 13.2. The lowest BCUT2D eigenvalue weighted by Gasteiger charge is -2.29. The first-order valence-corrected chi connectivity index (χ1v) is 14.6. The van der Waals surface area contributed by atoms with Crippen LogP contribution in [0.5, 0.6) is 0 Å². The average molecular weight is 524 g/mol. The average Bonchev–Trinajstić information content (AvgIpc) is 3.68. The van der Waals surface area contributed by atoms with Crippen molar-refractivity contribution in [2.45, 2.75) is 56.4 Å². The molecule has 196 valence electrons. The molecule has 3 aliphatic heterocycles. The molecule has 37 heavy (non-hydrogen) atoms. The molecule has 10 heteroatoms. The second kappa shape index (κ2) is 9.11. The Morgan fingerprint density at radius 2 is 1.92 bits per heavy atom. The smallest absolute Gasteiger partial charge is 0.256 e. The number of hydrogen-bond donors (Lipinski definition) is 3. The van der Waals surface area contributed by atoms with Crippen LogP contribution in [0.4, 0.5) is 5.69 Å². The van der Waals surface area contributed by atoms with Crippen molar-refractivity contribution < 1.29 is 18.0 Å². The van der Waals surface area contributed by atoms with Crippen molar-refractivity contribution in [3.8, 4) is 0 Å². The lowest BCUT2D eigenvalue weighted by atomic mass is 9.99. The van der Waals surface area contributed by atoms with Crippen molar-refractivity contribution >= 4 is 38.7 Å². The maximum absolute atomic E-state index is 13.9. The SMILES string of the molecule is CNS(=O)(=O)c1ccc2c(c1)/C(=C1\CCc3c1[nH]c(C)c3C(=O)N1CCC[C@@H]1CN1CCCC1)C(=O)N2. The zero-order valence-electron chi connectivity index (χ0n) is 21.3. The number of aryl methyl sites for hydroxylation is 1. The zero-order valence-corrected chi connectivity index (χ0v) is 22.1. The number of nitrogens with zero attached hydrogens (tertiary/aromatic N) is 2. The summed E-state index contributed by atoms with van der Waals surface area (Å²) in [7, 11) is -2.29. The van der Waals surface area contributed by atoms with E-state index in [0.717, 1.165) is 67.1 Å². The van der Waals surface area contributed by atoms with Gasteiger partial charge in [0.1, 0.15) is 0 Å². The predicted molar refractivity (Wildman–Crippen MR) is 142 cm³/mol. The van der Waals surface area contributed by atoms with Gasteiger partial charge in [0, 0.05) is 41.8 Å². The number of fused-ring (bicyclic) bond motifs is 2. The van der Waals surface area contributed by atoms with Gasteiger partial charge in [-0.2, -0.15) is 0 Å². The summed E-state index contributed by atoms with van der Waals surface area (Å²) in [5.74, 6) is -0.163. The summed E-state index contributed by atoms with van der Waals surface area (Å²) < 4.78 is 27.2. The van der Waals surface area contributed by atoms with Crippen molar-refractivity contribution in [1.29, 1.82) is 0 Å². The summed E-state index contributed by atoms with van der Waals surface area (Å²) in [6, 6.07) is 4.91. The Balaban J connectivity index is 1.36. The number of hydrogen-bond acceptors (Lipinski definition) is 5. The lowest BCUT2D eigenvalue weighted by Crippen LogP contribution is -2.42. The van der Waals surface area contributed by atoms with Crippen LogP contribution in [0.15, 0.2) is 23.1 Å². The minimum Gasteiger partial charge on any atom is -0.358 e. The Morgan fingerprint density at radius 1 is 1.14 bits per heavy atom. The van der Waals surface area contributed by atoms with E-state index in [1.54, 1.807) is 12.1 Å². The first kappa shape index (κ1) is 24.4. The minimum atomic E-state index is -3.66. The van der Waals surface area contributed by atoms with Gasteiger partial charge in [0.25, 0.3) is 11.8 Å². The van der Waals surface area contributed by atoms with Crippen molar-refractivity contribution in [1.82, 2.24) is 19.5 Å². The molecule has 6 rings (SSSR count). The van der Waals surface area contributed by atoms with Crippen LogP contribution < -0.4 is 10.0 Å². The molecule has 1 aromatic heterocycles. The summed E-state index contributed by atoms with van der Waals surface area (Å²) in [6.45, 7) is 5.90. The topological polar surface area (TPSA) is 115 Å². The molecular weight excluding hydrogens is 490 g/mol. The Bertz CT molecular complexity index is 1430. The third-order valence-electron chi connectivity index (χ3n) is 8.35. The van der Waals surface area contributed by atoms with E-state index < -0.39 is 10.0 Å². The van der Waals surface area contributed by atoms with E-state index in [-0.39, 0.29) is 22.8 Å². The number of carbonyl (C=O) groups is 2. The molecule has 2 fully saturated rings. The van der Waals surface area contributed by atoms with Crippen LogP contribution >= 0.6 is 0 Å². The summed E-state index contributed by atoms with van der Waals surface area (Å²) in [5, 5.41) is 2.88. The monoisotopic (exact) mass is 523 g/mol. The van der Waals surface area contributed by atoms with Crippen molar-refractivity contribution in [2.75, 3.05) is 38.5 Å². The third kappa shape index (κ3) is 4.02. The van der Waals surface area contributed by atoms with Crippen LogP contribution in [-0.4, -0.2) is 74.3 Å². The summed E-state index contributed by atoms with van der Waals surface area (Å²) in [6.07, 6.45) is 5.83. The molecule has 2 amide bonds. The van der Waals surface area contributed by atoms with Crippen LogP contribution in [0.25, 0.3) is 11.1 Å². The Hall–Kier alpha value is -2.95. The predicted octanol–water partition coefficient (Wildman–Crippen LogP) is 2.74. The number of sulfonamides is 1. The Labute approximate surface area is 217 Å². The number of anilines is 1. The fraction of sp³-hybridized carbons (Fsp3) is 0.481. The van der Waals surface area contributed by atoms with E-state index in [2.05, 4.69) is 24.8 Å². The molecule has 1 aliphatic carbocycles. The second-order valence-electron chi connectivity index (χ2n) is 10.5. The quantitative estimate of drug-likeness (QED) is 0.522. The highest BCUT2D eigenvalue weighted by molar-refractivity contribution is 7.89. The van der Waals surface area contributed by atoms with Gasteiger partial charge >= 0.3 is 0 Å². The van der Waals surface area contributed by atoms with E-state index in [0.29, 0.717) is 29.7 Å².